The topological polar surface area (TPSA) is 52.7 Å². The van der Waals surface area contributed by atoms with Gasteiger partial charge in [-0.25, -0.2) is 14.4 Å². The minimum Gasteiger partial charge on any atom is -0.333 e. The van der Waals surface area contributed by atoms with Crippen LogP contribution in [0.4, 0.5) is 17.6 Å². The monoisotopic (exact) mass is 362 g/mol. The Balaban J connectivity index is 2.23. The van der Waals surface area contributed by atoms with E-state index >= 15 is 0 Å². The maximum Gasteiger partial charge on any atom is 0.433 e. The van der Waals surface area contributed by atoms with Gasteiger partial charge in [0, 0.05) is 12.4 Å². The SMILES string of the molecule is Cn1cnc2c(=O)n(-c3cccc(F)c3)c3nc(C(F)(F)F)ccc3c21. The number of alkyl halides is 3. The average Bonchev–Trinajstić information content (AvgIpc) is 2.96. The molecule has 26 heavy (non-hydrogen) atoms. The molecule has 3 heterocycles. The van der Waals surface area contributed by atoms with E-state index in [1.807, 2.05) is 0 Å². The second-order valence-electron chi connectivity index (χ2n) is 5.74. The standard InChI is InChI=1S/C17H10F4N4O/c1-24-8-22-13-14(24)11-5-6-12(17(19,20)21)23-15(11)25(16(13)26)10-4-2-3-9(18)7-10/h2-8H,1H3. The molecule has 0 N–H and O–H groups in total. The zero-order chi connectivity index (χ0) is 18.6. The lowest BCUT2D eigenvalue weighted by molar-refractivity contribution is -0.141. The van der Waals surface area contributed by atoms with Gasteiger partial charge in [0.15, 0.2) is 5.52 Å². The zero-order valence-electron chi connectivity index (χ0n) is 13.3. The van der Waals surface area contributed by atoms with Gasteiger partial charge in [0.2, 0.25) is 0 Å². The number of pyridine rings is 2. The fourth-order valence-corrected chi connectivity index (χ4v) is 2.92. The molecule has 132 valence electrons. The third kappa shape index (κ3) is 2.35. The number of hydrogen-bond acceptors (Lipinski definition) is 3. The molecule has 0 fully saturated rings. The number of imidazole rings is 1. The molecule has 0 bridgehead atoms. The van der Waals surface area contributed by atoms with Crippen LogP contribution in [-0.2, 0) is 13.2 Å². The van der Waals surface area contributed by atoms with Gasteiger partial charge in [0.05, 0.1) is 17.5 Å². The minimum absolute atomic E-state index is 0.0609. The van der Waals surface area contributed by atoms with Gasteiger partial charge in [-0.2, -0.15) is 13.2 Å². The molecule has 0 saturated heterocycles. The van der Waals surface area contributed by atoms with Crippen LogP contribution in [0.15, 0.2) is 47.5 Å². The molecule has 0 aliphatic carbocycles. The van der Waals surface area contributed by atoms with Crippen LogP contribution in [0.3, 0.4) is 0 Å². The Morgan fingerprint density at radius 1 is 1.12 bits per heavy atom. The van der Waals surface area contributed by atoms with Gasteiger partial charge in [-0.1, -0.05) is 6.07 Å². The summed E-state index contributed by atoms with van der Waals surface area (Å²) < 4.78 is 55.5. The van der Waals surface area contributed by atoms with Gasteiger partial charge in [0.25, 0.3) is 5.56 Å². The molecule has 0 atom stereocenters. The van der Waals surface area contributed by atoms with Crippen LogP contribution >= 0.6 is 0 Å². The lowest BCUT2D eigenvalue weighted by Crippen LogP contribution is -2.21. The highest BCUT2D eigenvalue weighted by Gasteiger charge is 2.33. The summed E-state index contributed by atoms with van der Waals surface area (Å²) in [6.07, 6.45) is -3.29. The van der Waals surface area contributed by atoms with E-state index in [0.29, 0.717) is 10.9 Å². The van der Waals surface area contributed by atoms with Gasteiger partial charge in [-0.05, 0) is 30.3 Å². The number of fused-ring (bicyclic) bond motifs is 3. The van der Waals surface area contributed by atoms with Crippen molar-refractivity contribution in [2.45, 2.75) is 6.18 Å². The first-order valence-electron chi connectivity index (χ1n) is 7.47. The second kappa shape index (κ2) is 5.38. The van der Waals surface area contributed by atoms with Crippen molar-refractivity contribution in [1.29, 1.82) is 0 Å². The van der Waals surface area contributed by atoms with E-state index < -0.39 is 23.2 Å². The van der Waals surface area contributed by atoms with E-state index in [0.717, 1.165) is 16.7 Å². The maximum absolute atomic E-state index is 13.6. The van der Waals surface area contributed by atoms with Crippen LogP contribution in [0.2, 0.25) is 0 Å². The van der Waals surface area contributed by atoms with Gasteiger partial charge in [-0.3, -0.25) is 9.36 Å². The van der Waals surface area contributed by atoms with Crippen LogP contribution in [0.25, 0.3) is 27.8 Å². The van der Waals surface area contributed by atoms with Crippen molar-refractivity contribution in [3.63, 3.8) is 0 Å². The summed E-state index contributed by atoms with van der Waals surface area (Å²) in [6, 6.07) is 7.08. The van der Waals surface area contributed by atoms with Crippen molar-refractivity contribution in [1.82, 2.24) is 19.1 Å². The Labute approximate surface area is 143 Å². The van der Waals surface area contributed by atoms with Crippen LogP contribution < -0.4 is 5.56 Å². The summed E-state index contributed by atoms with van der Waals surface area (Å²) in [7, 11) is 1.62. The first kappa shape index (κ1) is 16.2. The number of nitrogens with zero attached hydrogens (tertiary/aromatic N) is 4. The summed E-state index contributed by atoms with van der Waals surface area (Å²) in [6.45, 7) is 0. The molecule has 9 heteroatoms. The number of aryl methyl sites for hydroxylation is 1. The van der Waals surface area contributed by atoms with E-state index in [1.165, 1.54) is 35.2 Å². The predicted octanol–water partition coefficient (Wildman–Crippen LogP) is 3.43. The Hall–Kier alpha value is -3.23. The highest BCUT2D eigenvalue weighted by atomic mass is 19.4. The average molecular weight is 362 g/mol. The Morgan fingerprint density at radius 3 is 2.58 bits per heavy atom. The largest absolute Gasteiger partial charge is 0.433 e. The van der Waals surface area contributed by atoms with Gasteiger partial charge in [0.1, 0.15) is 17.2 Å². The fraction of sp³-hybridized carbons (Fsp3) is 0.118. The summed E-state index contributed by atoms with van der Waals surface area (Å²) in [4.78, 5) is 20.6. The lowest BCUT2D eigenvalue weighted by atomic mass is 10.2. The third-order valence-corrected chi connectivity index (χ3v) is 4.04. The predicted molar refractivity (Wildman–Crippen MR) is 86.6 cm³/mol. The molecular formula is C17H10F4N4O. The molecule has 0 spiro atoms. The maximum atomic E-state index is 13.6. The molecule has 0 aliphatic rings. The molecule has 4 rings (SSSR count). The van der Waals surface area contributed by atoms with E-state index in [1.54, 1.807) is 7.05 Å². The van der Waals surface area contributed by atoms with Crippen LogP contribution in [-0.4, -0.2) is 19.1 Å². The molecule has 0 saturated carbocycles. The van der Waals surface area contributed by atoms with Crippen LogP contribution in [0, 0.1) is 5.82 Å². The number of rotatable bonds is 1. The summed E-state index contributed by atoms with van der Waals surface area (Å²) in [5, 5.41) is 0.303. The van der Waals surface area contributed by atoms with Gasteiger partial charge < -0.3 is 4.57 Å². The highest BCUT2D eigenvalue weighted by Crippen LogP contribution is 2.31. The van der Waals surface area contributed by atoms with E-state index in [-0.39, 0.29) is 16.9 Å². The fourth-order valence-electron chi connectivity index (χ4n) is 2.92. The lowest BCUT2D eigenvalue weighted by Gasteiger charge is -2.13. The summed E-state index contributed by atoms with van der Waals surface area (Å²) in [5.74, 6) is -0.629. The van der Waals surface area contributed by atoms with Crippen molar-refractivity contribution >= 4 is 22.1 Å². The number of aromatic nitrogens is 4. The molecule has 0 radical (unpaired) electrons. The Bertz CT molecular complexity index is 1220. The smallest absolute Gasteiger partial charge is 0.333 e. The van der Waals surface area contributed by atoms with Crippen molar-refractivity contribution in [2.24, 2.45) is 7.05 Å². The van der Waals surface area contributed by atoms with Crippen molar-refractivity contribution < 1.29 is 17.6 Å². The molecule has 0 aliphatic heterocycles. The Kier molecular flexibility index (Phi) is 3.36. The molecule has 4 aromatic rings. The van der Waals surface area contributed by atoms with E-state index in [4.69, 9.17) is 0 Å². The van der Waals surface area contributed by atoms with Crippen molar-refractivity contribution in [2.75, 3.05) is 0 Å². The van der Waals surface area contributed by atoms with Gasteiger partial charge >= 0.3 is 6.18 Å². The zero-order valence-corrected chi connectivity index (χ0v) is 13.3. The first-order valence-corrected chi connectivity index (χ1v) is 7.47. The van der Waals surface area contributed by atoms with Gasteiger partial charge in [-0.15, -0.1) is 0 Å². The molecule has 5 nitrogen and oxygen atoms in total. The molecule has 0 unspecified atom stereocenters. The van der Waals surface area contributed by atoms with E-state index in [2.05, 4.69) is 9.97 Å². The first-order chi connectivity index (χ1) is 12.3. The van der Waals surface area contributed by atoms with Crippen LogP contribution in [0.1, 0.15) is 5.69 Å². The van der Waals surface area contributed by atoms with Crippen LogP contribution in [0.5, 0.6) is 0 Å². The quantitative estimate of drug-likeness (QED) is 0.488. The molecule has 0 amide bonds. The number of benzene rings is 1. The number of halogens is 4. The second-order valence-corrected chi connectivity index (χ2v) is 5.74. The van der Waals surface area contributed by atoms with Crippen molar-refractivity contribution in [3.05, 3.63) is 64.6 Å². The third-order valence-electron chi connectivity index (χ3n) is 4.04. The normalized spacial score (nSPS) is 12.2. The summed E-state index contributed by atoms with van der Waals surface area (Å²) >= 11 is 0. The summed E-state index contributed by atoms with van der Waals surface area (Å²) in [5.41, 5.74) is -1.54. The Morgan fingerprint density at radius 2 is 1.88 bits per heavy atom. The molecule has 1 aromatic carbocycles. The van der Waals surface area contributed by atoms with Crippen molar-refractivity contribution in [3.8, 4) is 5.69 Å². The highest BCUT2D eigenvalue weighted by molar-refractivity contribution is 6.01. The minimum atomic E-state index is -4.68. The van der Waals surface area contributed by atoms with E-state index in [9.17, 15) is 22.4 Å². The molecule has 3 aromatic heterocycles. The number of hydrogen-bond donors (Lipinski definition) is 0. The molecular weight excluding hydrogens is 352 g/mol.